The van der Waals surface area contributed by atoms with Crippen LogP contribution < -0.4 is 10.2 Å². The highest BCUT2D eigenvalue weighted by atomic mass is 35.5. The monoisotopic (exact) mass is 306 g/mol. The fraction of sp³-hybridized carbons (Fsp3) is 0.412. The van der Waals surface area contributed by atoms with E-state index in [-0.39, 0.29) is 0 Å². The van der Waals surface area contributed by atoms with Crippen LogP contribution in [0.2, 0.25) is 5.02 Å². The van der Waals surface area contributed by atoms with Crippen molar-refractivity contribution in [1.82, 2.24) is 5.32 Å². The number of aryl methyl sites for hydroxylation is 1. The first kappa shape index (κ1) is 15.9. The van der Waals surface area contributed by atoms with Crippen molar-refractivity contribution >= 4 is 17.3 Å². The topological polar surface area (TPSA) is 28.4 Å². The van der Waals surface area contributed by atoms with Crippen LogP contribution in [0.15, 0.2) is 34.7 Å². The summed E-state index contributed by atoms with van der Waals surface area (Å²) in [4.78, 5) is 2.19. The first-order valence-electron chi connectivity index (χ1n) is 7.35. The SMILES string of the molecule is CCCNCc1cc(Cl)ccc1N(C)Cc1ccc(C)o1. The molecule has 0 aliphatic carbocycles. The Morgan fingerprint density at radius 2 is 2.05 bits per heavy atom. The largest absolute Gasteiger partial charge is 0.464 e. The van der Waals surface area contributed by atoms with Crippen molar-refractivity contribution in [2.45, 2.75) is 33.4 Å². The van der Waals surface area contributed by atoms with Crippen LogP contribution in [0.4, 0.5) is 5.69 Å². The highest BCUT2D eigenvalue weighted by Crippen LogP contribution is 2.25. The van der Waals surface area contributed by atoms with Gasteiger partial charge in [-0.2, -0.15) is 0 Å². The fourth-order valence-corrected chi connectivity index (χ4v) is 2.55. The van der Waals surface area contributed by atoms with Crippen LogP contribution in [0.25, 0.3) is 0 Å². The summed E-state index contributed by atoms with van der Waals surface area (Å²) in [7, 11) is 2.07. The zero-order chi connectivity index (χ0) is 15.2. The van der Waals surface area contributed by atoms with Gasteiger partial charge in [-0.3, -0.25) is 0 Å². The van der Waals surface area contributed by atoms with Gasteiger partial charge in [-0.15, -0.1) is 0 Å². The number of benzene rings is 1. The van der Waals surface area contributed by atoms with E-state index >= 15 is 0 Å². The van der Waals surface area contributed by atoms with Gasteiger partial charge >= 0.3 is 0 Å². The number of hydrogen-bond acceptors (Lipinski definition) is 3. The lowest BCUT2D eigenvalue weighted by Gasteiger charge is -2.22. The number of furan rings is 1. The standard InChI is InChI=1S/C17H23ClN2O/c1-4-9-19-11-14-10-15(18)6-8-17(14)20(3)12-16-7-5-13(2)21-16/h5-8,10,19H,4,9,11-12H2,1-3H3. The lowest BCUT2D eigenvalue weighted by atomic mass is 10.1. The minimum atomic E-state index is 0.746. The average Bonchev–Trinajstić information content (AvgIpc) is 2.84. The molecule has 21 heavy (non-hydrogen) atoms. The molecule has 4 heteroatoms. The molecule has 1 aromatic heterocycles. The predicted molar refractivity (Wildman–Crippen MR) is 89.0 cm³/mol. The molecular formula is C17H23ClN2O. The molecule has 1 N–H and O–H groups in total. The molecule has 0 atom stereocenters. The summed E-state index contributed by atoms with van der Waals surface area (Å²) in [6.07, 6.45) is 1.12. The molecule has 0 unspecified atom stereocenters. The van der Waals surface area contributed by atoms with Crippen LogP contribution in [0, 0.1) is 6.92 Å². The van der Waals surface area contributed by atoms with Crippen molar-refractivity contribution in [3.8, 4) is 0 Å². The highest BCUT2D eigenvalue weighted by Gasteiger charge is 2.10. The summed E-state index contributed by atoms with van der Waals surface area (Å²) in [5, 5.41) is 4.21. The van der Waals surface area contributed by atoms with Crippen LogP contribution in [0.1, 0.15) is 30.4 Å². The smallest absolute Gasteiger partial charge is 0.123 e. The van der Waals surface area contributed by atoms with E-state index in [1.54, 1.807) is 0 Å². The third kappa shape index (κ3) is 4.51. The third-order valence-electron chi connectivity index (χ3n) is 3.38. The molecule has 2 aromatic rings. The number of hydrogen-bond donors (Lipinski definition) is 1. The molecule has 0 aliphatic rings. The molecule has 1 heterocycles. The molecule has 0 aliphatic heterocycles. The molecule has 2 rings (SSSR count). The quantitative estimate of drug-likeness (QED) is 0.770. The Hall–Kier alpha value is -1.45. The predicted octanol–water partition coefficient (Wildman–Crippen LogP) is 4.38. The number of nitrogens with one attached hydrogen (secondary N) is 1. The van der Waals surface area contributed by atoms with Crippen LogP contribution in [-0.4, -0.2) is 13.6 Å². The molecule has 114 valence electrons. The van der Waals surface area contributed by atoms with Crippen molar-refractivity contribution in [2.75, 3.05) is 18.5 Å². The minimum Gasteiger partial charge on any atom is -0.464 e. The number of rotatable bonds is 7. The Bertz CT molecular complexity index is 580. The van der Waals surface area contributed by atoms with E-state index in [0.29, 0.717) is 0 Å². The summed E-state index contributed by atoms with van der Waals surface area (Å²) < 4.78 is 5.65. The maximum absolute atomic E-state index is 6.13. The summed E-state index contributed by atoms with van der Waals surface area (Å²) in [6.45, 7) is 6.71. The van der Waals surface area contributed by atoms with Crippen molar-refractivity contribution in [1.29, 1.82) is 0 Å². The Morgan fingerprint density at radius 3 is 2.71 bits per heavy atom. The lowest BCUT2D eigenvalue weighted by Crippen LogP contribution is -2.21. The van der Waals surface area contributed by atoms with Gasteiger partial charge in [0.05, 0.1) is 6.54 Å². The van der Waals surface area contributed by atoms with E-state index in [1.165, 1.54) is 11.3 Å². The molecular weight excluding hydrogens is 284 g/mol. The zero-order valence-corrected chi connectivity index (χ0v) is 13.7. The summed E-state index contributed by atoms with van der Waals surface area (Å²) in [6, 6.07) is 10.1. The third-order valence-corrected chi connectivity index (χ3v) is 3.62. The molecule has 0 spiro atoms. The van der Waals surface area contributed by atoms with Gasteiger partial charge in [-0.25, -0.2) is 0 Å². The number of nitrogens with zero attached hydrogens (tertiary/aromatic N) is 1. The van der Waals surface area contributed by atoms with Gasteiger partial charge in [-0.1, -0.05) is 18.5 Å². The van der Waals surface area contributed by atoms with Gasteiger partial charge in [0.25, 0.3) is 0 Å². The van der Waals surface area contributed by atoms with E-state index < -0.39 is 0 Å². The van der Waals surface area contributed by atoms with Gasteiger partial charge in [0.2, 0.25) is 0 Å². The van der Waals surface area contributed by atoms with Crippen LogP contribution >= 0.6 is 11.6 Å². The Kier molecular flexibility index (Phi) is 5.71. The molecule has 0 bridgehead atoms. The molecule has 3 nitrogen and oxygen atoms in total. The van der Waals surface area contributed by atoms with Crippen molar-refractivity contribution in [3.63, 3.8) is 0 Å². The average molecular weight is 307 g/mol. The van der Waals surface area contributed by atoms with E-state index in [1.807, 2.05) is 31.2 Å². The first-order chi connectivity index (χ1) is 10.1. The Balaban J connectivity index is 2.12. The highest BCUT2D eigenvalue weighted by molar-refractivity contribution is 6.30. The van der Waals surface area contributed by atoms with E-state index in [9.17, 15) is 0 Å². The number of halogens is 1. The van der Waals surface area contributed by atoms with Crippen LogP contribution in [0.3, 0.4) is 0 Å². The first-order valence-corrected chi connectivity index (χ1v) is 7.73. The molecule has 0 saturated carbocycles. The van der Waals surface area contributed by atoms with Crippen LogP contribution in [-0.2, 0) is 13.1 Å². The van der Waals surface area contributed by atoms with E-state index in [2.05, 4.69) is 30.3 Å². The van der Waals surface area contributed by atoms with Crippen molar-refractivity contribution in [2.24, 2.45) is 0 Å². The maximum Gasteiger partial charge on any atom is 0.123 e. The van der Waals surface area contributed by atoms with Crippen molar-refractivity contribution in [3.05, 3.63) is 52.4 Å². The van der Waals surface area contributed by atoms with Gasteiger partial charge in [-0.05, 0) is 55.8 Å². The van der Waals surface area contributed by atoms with Gasteiger partial charge < -0.3 is 14.6 Å². The van der Waals surface area contributed by atoms with Gasteiger partial charge in [0.15, 0.2) is 0 Å². The second-order valence-corrected chi connectivity index (χ2v) is 5.75. The molecule has 0 fully saturated rings. The maximum atomic E-state index is 6.13. The van der Waals surface area contributed by atoms with Gasteiger partial charge in [0.1, 0.15) is 11.5 Å². The minimum absolute atomic E-state index is 0.746. The summed E-state index contributed by atoms with van der Waals surface area (Å²) >= 11 is 6.13. The molecule has 0 saturated heterocycles. The second-order valence-electron chi connectivity index (χ2n) is 5.32. The van der Waals surface area contributed by atoms with Crippen LogP contribution in [0.5, 0.6) is 0 Å². The van der Waals surface area contributed by atoms with E-state index in [0.717, 1.165) is 42.6 Å². The van der Waals surface area contributed by atoms with Crippen molar-refractivity contribution < 1.29 is 4.42 Å². The summed E-state index contributed by atoms with van der Waals surface area (Å²) in [5.74, 6) is 1.91. The molecule has 0 radical (unpaired) electrons. The normalized spacial score (nSPS) is 10.9. The second kappa shape index (κ2) is 7.53. The fourth-order valence-electron chi connectivity index (χ4n) is 2.36. The van der Waals surface area contributed by atoms with E-state index in [4.69, 9.17) is 16.0 Å². The zero-order valence-electron chi connectivity index (χ0n) is 12.9. The molecule has 1 aromatic carbocycles. The lowest BCUT2D eigenvalue weighted by molar-refractivity contribution is 0.481. The number of anilines is 1. The Morgan fingerprint density at radius 1 is 1.24 bits per heavy atom. The summed E-state index contributed by atoms with van der Waals surface area (Å²) in [5.41, 5.74) is 2.39. The molecule has 0 amide bonds. The Labute approximate surface area is 131 Å². The van der Waals surface area contributed by atoms with Gasteiger partial charge in [0, 0.05) is 24.3 Å².